The van der Waals surface area contributed by atoms with Gasteiger partial charge in [0.2, 0.25) is 5.89 Å². The highest BCUT2D eigenvalue weighted by Gasteiger charge is 2.40. The monoisotopic (exact) mass is 417 g/mol. The maximum Gasteiger partial charge on any atom is 0.417 e. The second kappa shape index (κ2) is 7.81. The van der Waals surface area contributed by atoms with Gasteiger partial charge in [-0.15, -0.1) is 0 Å². The fraction of sp³-hybridized carbons (Fsp3) is 0.286. The summed E-state index contributed by atoms with van der Waals surface area (Å²) in [5, 5.41) is 3.97. The van der Waals surface area contributed by atoms with Gasteiger partial charge in [0.05, 0.1) is 24.2 Å². The van der Waals surface area contributed by atoms with Gasteiger partial charge in [0.25, 0.3) is 5.91 Å². The Morgan fingerprint density at radius 3 is 2.60 bits per heavy atom. The van der Waals surface area contributed by atoms with E-state index >= 15 is 0 Å². The quantitative estimate of drug-likeness (QED) is 0.629. The molecule has 4 rings (SSSR count). The number of carbonyl (C=O) groups excluding carboxylic acids is 1. The van der Waals surface area contributed by atoms with E-state index in [1.807, 2.05) is 24.3 Å². The molecule has 2 heterocycles. The van der Waals surface area contributed by atoms with Crippen LogP contribution < -0.4 is 4.74 Å². The minimum atomic E-state index is -4.59. The lowest BCUT2D eigenvalue weighted by Crippen LogP contribution is -2.49. The Labute approximate surface area is 170 Å². The second-order valence-electron chi connectivity index (χ2n) is 6.99. The fourth-order valence-electron chi connectivity index (χ4n) is 3.41. The minimum absolute atomic E-state index is 0.203. The Bertz CT molecular complexity index is 1060. The lowest BCUT2D eigenvalue weighted by atomic mass is 9.97. The number of para-hydroxylation sites is 1. The third-order valence-corrected chi connectivity index (χ3v) is 5.01. The normalized spacial score (nSPS) is 14.5. The van der Waals surface area contributed by atoms with Crippen molar-refractivity contribution in [2.75, 3.05) is 20.2 Å². The maximum atomic E-state index is 13.2. The van der Waals surface area contributed by atoms with Crippen molar-refractivity contribution in [2.24, 2.45) is 0 Å². The molecule has 1 aromatic heterocycles. The van der Waals surface area contributed by atoms with Crippen LogP contribution in [-0.4, -0.2) is 41.1 Å². The summed E-state index contributed by atoms with van der Waals surface area (Å²) in [5.41, 5.74) is -0.386. The first-order chi connectivity index (χ1) is 14.4. The van der Waals surface area contributed by atoms with Crippen LogP contribution in [0.15, 0.2) is 53.1 Å². The number of nitrogens with zero attached hydrogens (tertiary/aromatic N) is 3. The van der Waals surface area contributed by atoms with Gasteiger partial charge in [-0.3, -0.25) is 4.79 Å². The first-order valence-corrected chi connectivity index (χ1v) is 9.26. The summed E-state index contributed by atoms with van der Waals surface area (Å²) in [5.74, 6) is 0.696. The number of rotatable bonds is 5. The zero-order valence-electron chi connectivity index (χ0n) is 16.0. The van der Waals surface area contributed by atoms with Crippen LogP contribution in [0.25, 0.3) is 0 Å². The number of ether oxygens (including phenoxy) is 1. The average Bonchev–Trinajstić information content (AvgIpc) is 3.14. The molecule has 0 aliphatic carbocycles. The predicted octanol–water partition coefficient (Wildman–Crippen LogP) is 3.93. The van der Waals surface area contributed by atoms with Gasteiger partial charge in [0.1, 0.15) is 5.75 Å². The molecule has 0 unspecified atom stereocenters. The summed E-state index contributed by atoms with van der Waals surface area (Å²) in [6.45, 7) is 0.447. The molecule has 0 bridgehead atoms. The highest BCUT2D eigenvalue weighted by Crippen LogP contribution is 2.34. The van der Waals surface area contributed by atoms with E-state index in [9.17, 15) is 18.0 Å². The third-order valence-electron chi connectivity index (χ3n) is 5.01. The van der Waals surface area contributed by atoms with Gasteiger partial charge >= 0.3 is 6.18 Å². The second-order valence-corrected chi connectivity index (χ2v) is 6.99. The molecule has 0 N–H and O–H groups in total. The number of aromatic nitrogens is 2. The molecule has 1 saturated heterocycles. The van der Waals surface area contributed by atoms with Gasteiger partial charge in [-0.05, 0) is 18.2 Å². The van der Waals surface area contributed by atoms with Crippen LogP contribution in [0.1, 0.15) is 39.1 Å². The van der Waals surface area contributed by atoms with Crippen LogP contribution in [0.4, 0.5) is 13.2 Å². The number of likely N-dealkylation sites (tertiary alicyclic amines) is 1. The molecule has 1 aliphatic rings. The zero-order valence-corrected chi connectivity index (χ0v) is 16.0. The average molecular weight is 417 g/mol. The van der Waals surface area contributed by atoms with E-state index < -0.39 is 17.6 Å². The summed E-state index contributed by atoms with van der Waals surface area (Å²) in [6.07, 6.45) is -4.17. The van der Waals surface area contributed by atoms with Crippen molar-refractivity contribution in [3.8, 4) is 5.75 Å². The molecule has 30 heavy (non-hydrogen) atoms. The first kappa shape index (κ1) is 19.9. The number of hydrogen-bond donors (Lipinski definition) is 0. The molecule has 1 aliphatic heterocycles. The number of carbonyl (C=O) groups is 1. The van der Waals surface area contributed by atoms with Crippen LogP contribution in [0, 0.1) is 0 Å². The standard InChI is InChI=1S/C21H18F3N3O3/c1-29-17-9-5-2-6-13(17)10-18-25-19(30-26-18)14-11-27(12-14)20(28)15-7-3-4-8-16(15)21(22,23)24/h2-9,14H,10-12H2,1H3. The predicted molar refractivity (Wildman–Crippen MR) is 100 cm³/mol. The van der Waals surface area contributed by atoms with Crippen LogP contribution in [0.3, 0.4) is 0 Å². The van der Waals surface area contributed by atoms with Crippen LogP contribution in [0.2, 0.25) is 0 Å². The first-order valence-electron chi connectivity index (χ1n) is 9.26. The Morgan fingerprint density at radius 1 is 1.17 bits per heavy atom. The lowest BCUT2D eigenvalue weighted by molar-refractivity contribution is -0.138. The van der Waals surface area contributed by atoms with Crippen molar-refractivity contribution in [3.05, 3.63) is 76.9 Å². The molecule has 0 radical (unpaired) electrons. The van der Waals surface area contributed by atoms with Gasteiger partial charge in [-0.1, -0.05) is 35.5 Å². The number of methoxy groups -OCH3 is 1. The number of benzene rings is 2. The number of alkyl halides is 3. The molecule has 0 atom stereocenters. The van der Waals surface area contributed by atoms with Crippen molar-refractivity contribution in [3.63, 3.8) is 0 Å². The Morgan fingerprint density at radius 2 is 1.87 bits per heavy atom. The van der Waals surface area contributed by atoms with Crippen molar-refractivity contribution in [1.82, 2.24) is 15.0 Å². The summed E-state index contributed by atoms with van der Waals surface area (Å²) >= 11 is 0. The van der Waals surface area contributed by atoms with Gasteiger partial charge in [0, 0.05) is 25.1 Å². The topological polar surface area (TPSA) is 68.5 Å². The van der Waals surface area contributed by atoms with E-state index in [2.05, 4.69) is 10.1 Å². The fourth-order valence-corrected chi connectivity index (χ4v) is 3.41. The van der Waals surface area contributed by atoms with Gasteiger partial charge < -0.3 is 14.2 Å². The number of halogens is 3. The summed E-state index contributed by atoms with van der Waals surface area (Å²) in [6, 6.07) is 12.3. The maximum absolute atomic E-state index is 13.2. The van der Waals surface area contributed by atoms with Gasteiger partial charge in [0.15, 0.2) is 5.82 Å². The Balaban J connectivity index is 1.42. The van der Waals surface area contributed by atoms with E-state index in [0.717, 1.165) is 11.6 Å². The molecule has 1 amide bonds. The summed E-state index contributed by atoms with van der Waals surface area (Å²) < 4.78 is 50.1. The highest BCUT2D eigenvalue weighted by atomic mass is 19.4. The SMILES string of the molecule is COc1ccccc1Cc1noc(C2CN(C(=O)c3ccccc3C(F)(F)F)C2)n1. The summed E-state index contributed by atoms with van der Waals surface area (Å²) in [7, 11) is 1.58. The van der Waals surface area contributed by atoms with Gasteiger partial charge in [-0.25, -0.2) is 0 Å². The number of hydrogen-bond acceptors (Lipinski definition) is 5. The highest BCUT2D eigenvalue weighted by molar-refractivity contribution is 5.96. The van der Waals surface area contributed by atoms with E-state index in [1.165, 1.54) is 23.1 Å². The molecule has 6 nitrogen and oxygen atoms in total. The molecule has 0 spiro atoms. The van der Waals surface area contributed by atoms with Gasteiger partial charge in [-0.2, -0.15) is 18.2 Å². The Kier molecular flexibility index (Phi) is 5.19. The molecular weight excluding hydrogens is 399 g/mol. The zero-order chi connectivity index (χ0) is 21.3. The van der Waals surface area contributed by atoms with Crippen molar-refractivity contribution >= 4 is 5.91 Å². The van der Waals surface area contributed by atoms with Crippen LogP contribution in [-0.2, 0) is 12.6 Å². The molecule has 156 valence electrons. The smallest absolute Gasteiger partial charge is 0.417 e. The summed E-state index contributed by atoms with van der Waals surface area (Å²) in [4.78, 5) is 18.3. The minimum Gasteiger partial charge on any atom is -0.496 e. The molecular formula is C21H18F3N3O3. The molecule has 1 fully saturated rings. The van der Waals surface area contributed by atoms with Crippen molar-refractivity contribution in [1.29, 1.82) is 0 Å². The molecule has 2 aromatic carbocycles. The molecule has 3 aromatic rings. The van der Waals surface area contributed by atoms with Crippen molar-refractivity contribution < 1.29 is 27.2 Å². The molecule has 9 heteroatoms. The van der Waals surface area contributed by atoms with Crippen LogP contribution >= 0.6 is 0 Å². The number of amides is 1. The van der Waals surface area contributed by atoms with E-state index in [0.29, 0.717) is 23.9 Å². The molecule has 0 saturated carbocycles. The van der Waals surface area contributed by atoms with E-state index in [-0.39, 0.29) is 24.6 Å². The van der Waals surface area contributed by atoms with E-state index in [1.54, 1.807) is 7.11 Å². The van der Waals surface area contributed by atoms with Crippen molar-refractivity contribution in [2.45, 2.75) is 18.5 Å². The lowest BCUT2D eigenvalue weighted by Gasteiger charge is -2.37. The van der Waals surface area contributed by atoms with E-state index in [4.69, 9.17) is 9.26 Å². The Hall–Kier alpha value is -3.36. The van der Waals surface area contributed by atoms with Crippen LogP contribution in [0.5, 0.6) is 5.75 Å². The third kappa shape index (κ3) is 3.87. The largest absolute Gasteiger partial charge is 0.496 e.